The van der Waals surface area contributed by atoms with Gasteiger partial charge < -0.3 is 5.73 Å². The van der Waals surface area contributed by atoms with Gasteiger partial charge in [0, 0.05) is 5.71 Å². The summed E-state index contributed by atoms with van der Waals surface area (Å²) >= 11 is 0. The third-order valence-corrected chi connectivity index (χ3v) is 2.18. The fourth-order valence-corrected chi connectivity index (χ4v) is 1.61. The number of hydrazone groups is 1. The van der Waals surface area contributed by atoms with E-state index in [1.807, 2.05) is 25.1 Å². The minimum atomic E-state index is -0.570. The average Bonchev–Trinajstić information content (AvgIpc) is 2.25. The number of anilines is 1. The van der Waals surface area contributed by atoms with Gasteiger partial charge in [-0.3, -0.25) is 0 Å². The first-order valence-electron chi connectivity index (χ1n) is 5.69. The van der Waals surface area contributed by atoms with Crippen LogP contribution in [0.25, 0.3) is 0 Å². The molecule has 0 aliphatic rings. The van der Waals surface area contributed by atoms with Crippen molar-refractivity contribution in [3.63, 3.8) is 0 Å². The van der Waals surface area contributed by atoms with E-state index in [9.17, 15) is 4.79 Å². The van der Waals surface area contributed by atoms with Crippen LogP contribution in [0.15, 0.2) is 35.4 Å². The normalized spacial score (nSPS) is 11.6. The van der Waals surface area contributed by atoms with Gasteiger partial charge in [0.1, 0.15) is 0 Å². The molecule has 92 valence electrons. The van der Waals surface area contributed by atoms with E-state index in [1.54, 1.807) is 12.1 Å². The maximum absolute atomic E-state index is 11.4. The highest BCUT2D eigenvalue weighted by Crippen LogP contribution is 2.14. The Morgan fingerprint density at radius 3 is 2.41 bits per heavy atom. The van der Waals surface area contributed by atoms with Gasteiger partial charge in [-0.25, -0.2) is 4.79 Å². The molecule has 17 heavy (non-hydrogen) atoms. The first-order chi connectivity index (χ1) is 8.00. The Morgan fingerprint density at radius 2 is 1.94 bits per heavy atom. The molecule has 0 radical (unpaired) electrons. The lowest BCUT2D eigenvalue weighted by molar-refractivity contribution is 0.254. The molecule has 0 saturated heterocycles. The van der Waals surface area contributed by atoms with Crippen molar-refractivity contribution in [2.45, 2.75) is 27.2 Å². The number of nitrogens with zero attached hydrogens (tertiary/aromatic N) is 2. The van der Waals surface area contributed by atoms with Crippen molar-refractivity contribution in [2.75, 3.05) is 5.01 Å². The van der Waals surface area contributed by atoms with Gasteiger partial charge in [0.2, 0.25) is 0 Å². The summed E-state index contributed by atoms with van der Waals surface area (Å²) in [5.41, 5.74) is 6.90. The molecule has 0 aliphatic carbocycles. The molecule has 0 atom stereocenters. The largest absolute Gasteiger partial charge is 0.350 e. The number of urea groups is 1. The van der Waals surface area contributed by atoms with E-state index >= 15 is 0 Å². The molecule has 0 fully saturated rings. The second-order valence-corrected chi connectivity index (χ2v) is 4.42. The van der Waals surface area contributed by atoms with E-state index in [0.29, 0.717) is 11.6 Å². The minimum Gasteiger partial charge on any atom is -0.350 e. The van der Waals surface area contributed by atoms with Crippen LogP contribution in [0.3, 0.4) is 0 Å². The summed E-state index contributed by atoms with van der Waals surface area (Å²) in [7, 11) is 0. The Labute approximate surface area is 102 Å². The highest BCUT2D eigenvalue weighted by Gasteiger charge is 2.11. The van der Waals surface area contributed by atoms with E-state index in [1.165, 1.54) is 5.01 Å². The Balaban J connectivity index is 2.92. The van der Waals surface area contributed by atoms with Crippen molar-refractivity contribution in [3.8, 4) is 0 Å². The summed E-state index contributed by atoms with van der Waals surface area (Å²) in [6.45, 7) is 6.12. The molecule has 0 heterocycles. The number of primary amides is 1. The first kappa shape index (κ1) is 13.2. The predicted molar refractivity (Wildman–Crippen MR) is 71.1 cm³/mol. The first-order valence-corrected chi connectivity index (χ1v) is 5.69. The van der Waals surface area contributed by atoms with Crippen molar-refractivity contribution < 1.29 is 4.79 Å². The van der Waals surface area contributed by atoms with Crippen molar-refractivity contribution in [3.05, 3.63) is 30.3 Å². The summed E-state index contributed by atoms with van der Waals surface area (Å²) in [5, 5.41) is 5.50. The third-order valence-electron chi connectivity index (χ3n) is 2.18. The van der Waals surface area contributed by atoms with E-state index in [2.05, 4.69) is 18.9 Å². The molecule has 0 spiro atoms. The highest BCUT2D eigenvalue weighted by atomic mass is 16.2. The topological polar surface area (TPSA) is 58.7 Å². The van der Waals surface area contributed by atoms with Crippen LogP contribution in [-0.2, 0) is 0 Å². The van der Waals surface area contributed by atoms with Crippen LogP contribution in [0.1, 0.15) is 27.2 Å². The van der Waals surface area contributed by atoms with E-state index < -0.39 is 6.03 Å². The van der Waals surface area contributed by atoms with E-state index in [4.69, 9.17) is 5.73 Å². The number of nitrogens with two attached hydrogens (primary N) is 1. The zero-order chi connectivity index (χ0) is 12.8. The van der Waals surface area contributed by atoms with Crippen LogP contribution in [0.5, 0.6) is 0 Å². The maximum Gasteiger partial charge on any atom is 0.339 e. The lowest BCUT2D eigenvalue weighted by atomic mass is 10.1. The van der Waals surface area contributed by atoms with Gasteiger partial charge in [0.15, 0.2) is 0 Å². The van der Waals surface area contributed by atoms with Gasteiger partial charge in [0.05, 0.1) is 5.69 Å². The molecule has 0 bridgehead atoms. The Bertz CT molecular complexity index is 398. The number of benzene rings is 1. The van der Waals surface area contributed by atoms with E-state index in [0.717, 1.165) is 12.1 Å². The molecule has 0 saturated carbocycles. The molecule has 0 aliphatic heterocycles. The van der Waals surface area contributed by atoms with E-state index in [-0.39, 0.29) is 0 Å². The van der Waals surface area contributed by atoms with Gasteiger partial charge in [-0.1, -0.05) is 32.0 Å². The van der Waals surface area contributed by atoms with Crippen LogP contribution in [0.4, 0.5) is 10.5 Å². The van der Waals surface area contributed by atoms with Crippen molar-refractivity contribution in [1.29, 1.82) is 0 Å². The summed E-state index contributed by atoms with van der Waals surface area (Å²) in [6, 6.07) is 8.61. The van der Waals surface area contributed by atoms with Gasteiger partial charge in [0.25, 0.3) is 0 Å². The van der Waals surface area contributed by atoms with Crippen LogP contribution < -0.4 is 10.7 Å². The Hall–Kier alpha value is -1.84. The van der Waals surface area contributed by atoms with Gasteiger partial charge in [-0.15, -0.1) is 0 Å². The molecular weight excluding hydrogens is 214 g/mol. The Morgan fingerprint density at radius 1 is 1.35 bits per heavy atom. The standard InChI is InChI=1S/C13H19N3O/c1-10(2)9-11(3)15-16(13(14)17)12-7-5-4-6-8-12/h4-8,10H,9H2,1-3H3,(H2,14,17)/b15-11+. The summed E-state index contributed by atoms with van der Waals surface area (Å²) < 4.78 is 0. The molecule has 4 nitrogen and oxygen atoms in total. The number of para-hydroxylation sites is 1. The Kier molecular flexibility index (Phi) is 4.69. The lowest BCUT2D eigenvalue weighted by Gasteiger charge is -2.16. The zero-order valence-corrected chi connectivity index (χ0v) is 10.6. The van der Waals surface area contributed by atoms with Crippen molar-refractivity contribution in [1.82, 2.24) is 0 Å². The minimum absolute atomic E-state index is 0.504. The fourth-order valence-electron chi connectivity index (χ4n) is 1.61. The van der Waals surface area contributed by atoms with Gasteiger partial charge in [-0.05, 0) is 31.4 Å². The molecule has 1 aromatic rings. The van der Waals surface area contributed by atoms with Gasteiger partial charge in [-0.2, -0.15) is 10.1 Å². The highest BCUT2D eigenvalue weighted by molar-refractivity contribution is 5.93. The molecule has 2 N–H and O–H groups in total. The molecule has 1 rings (SSSR count). The van der Waals surface area contributed by atoms with Gasteiger partial charge >= 0.3 is 6.03 Å². The van der Waals surface area contributed by atoms with Crippen molar-refractivity contribution in [2.24, 2.45) is 16.8 Å². The smallest absolute Gasteiger partial charge is 0.339 e. The second-order valence-electron chi connectivity index (χ2n) is 4.42. The van der Waals surface area contributed by atoms with Crippen LogP contribution >= 0.6 is 0 Å². The number of amides is 2. The van der Waals surface area contributed by atoms with Crippen LogP contribution in [0.2, 0.25) is 0 Å². The molecule has 4 heteroatoms. The molecule has 1 aromatic carbocycles. The summed E-state index contributed by atoms with van der Waals surface area (Å²) in [6.07, 6.45) is 0.844. The SMILES string of the molecule is C/C(CC(C)C)=N\N(C(N)=O)c1ccccc1. The number of hydrogen-bond donors (Lipinski definition) is 1. The maximum atomic E-state index is 11.4. The molecule has 0 unspecified atom stereocenters. The number of carbonyl (C=O) groups excluding carboxylic acids is 1. The second kappa shape index (κ2) is 6.03. The summed E-state index contributed by atoms with van der Waals surface area (Å²) in [5.74, 6) is 0.504. The van der Waals surface area contributed by atoms with Crippen LogP contribution in [-0.4, -0.2) is 11.7 Å². The lowest BCUT2D eigenvalue weighted by Crippen LogP contribution is -2.32. The molecular formula is C13H19N3O. The molecule has 0 aromatic heterocycles. The zero-order valence-electron chi connectivity index (χ0n) is 10.6. The molecule has 2 amide bonds. The predicted octanol–water partition coefficient (Wildman–Crippen LogP) is 2.99. The van der Waals surface area contributed by atoms with Crippen LogP contribution in [0, 0.1) is 5.92 Å². The monoisotopic (exact) mass is 233 g/mol. The number of hydrogen-bond acceptors (Lipinski definition) is 2. The number of rotatable bonds is 4. The average molecular weight is 233 g/mol. The quantitative estimate of drug-likeness (QED) is 0.630. The third kappa shape index (κ3) is 4.26. The van der Waals surface area contributed by atoms with Crippen molar-refractivity contribution >= 4 is 17.4 Å². The summed E-state index contributed by atoms with van der Waals surface area (Å²) in [4.78, 5) is 11.4. The number of carbonyl (C=O) groups is 1. The fraction of sp³-hybridized carbons (Fsp3) is 0.385.